The number of halogens is 2. The van der Waals surface area contributed by atoms with Crippen LogP contribution in [0.2, 0.25) is 0 Å². The van der Waals surface area contributed by atoms with E-state index in [0.29, 0.717) is 0 Å². The summed E-state index contributed by atoms with van der Waals surface area (Å²) in [6.07, 6.45) is -0.101. The average molecular weight is 268 g/mol. The molecule has 0 fully saturated rings. The van der Waals surface area contributed by atoms with Crippen molar-refractivity contribution in [3.05, 3.63) is 35.2 Å². The fourth-order valence-corrected chi connectivity index (χ4v) is 1.50. The predicted octanol–water partition coefficient (Wildman–Crippen LogP) is 2.34. The molecule has 0 aliphatic rings. The number of nitrogens with zero attached hydrogens (tertiary/aromatic N) is 2. The molecule has 5 nitrogen and oxygen atoms in total. The summed E-state index contributed by atoms with van der Waals surface area (Å²) in [4.78, 5) is 10.4. The van der Waals surface area contributed by atoms with Gasteiger partial charge in [-0.05, 0) is 18.6 Å². The number of hydrogen-bond acceptors (Lipinski definition) is 4. The number of rotatable bonds is 4. The van der Waals surface area contributed by atoms with Crippen LogP contribution in [0.4, 0.5) is 8.78 Å². The Kier molecular flexibility index (Phi) is 3.55. The Morgan fingerprint density at radius 3 is 2.74 bits per heavy atom. The number of hydrogen-bond donors (Lipinski definition) is 1. The van der Waals surface area contributed by atoms with Crippen molar-refractivity contribution in [3.63, 3.8) is 0 Å². The third kappa shape index (κ3) is 2.93. The molecule has 7 heteroatoms. The fraction of sp³-hybridized carbons (Fsp3) is 0.250. The van der Waals surface area contributed by atoms with Crippen molar-refractivity contribution in [2.24, 2.45) is 0 Å². The normalized spacial score (nSPS) is 10.7. The van der Waals surface area contributed by atoms with Crippen LogP contribution in [0.5, 0.6) is 0 Å². The molecule has 0 unspecified atom stereocenters. The summed E-state index contributed by atoms with van der Waals surface area (Å²) in [5.74, 6) is -2.47. The van der Waals surface area contributed by atoms with Crippen LogP contribution in [-0.2, 0) is 11.2 Å². The van der Waals surface area contributed by atoms with Crippen LogP contribution in [0.3, 0.4) is 0 Å². The van der Waals surface area contributed by atoms with Crippen LogP contribution in [0.25, 0.3) is 11.5 Å². The van der Waals surface area contributed by atoms with Gasteiger partial charge in [0.15, 0.2) is 0 Å². The molecule has 1 heterocycles. The molecule has 0 saturated heterocycles. The topological polar surface area (TPSA) is 76.2 Å². The summed E-state index contributed by atoms with van der Waals surface area (Å²) in [6.45, 7) is 1.49. The van der Waals surface area contributed by atoms with E-state index in [4.69, 9.17) is 9.52 Å². The van der Waals surface area contributed by atoms with Crippen molar-refractivity contribution in [2.75, 3.05) is 0 Å². The number of aryl methyl sites for hydroxylation is 2. The first kappa shape index (κ1) is 13.1. The Hall–Kier alpha value is -2.31. The molecule has 0 amide bonds. The molecule has 1 aromatic heterocycles. The summed E-state index contributed by atoms with van der Waals surface area (Å²) in [6, 6.07) is 2.00. The number of benzene rings is 1. The molecule has 1 aromatic carbocycles. The molecule has 1 N–H and O–H groups in total. The van der Waals surface area contributed by atoms with Crippen LogP contribution >= 0.6 is 0 Å². The summed E-state index contributed by atoms with van der Waals surface area (Å²) >= 11 is 0. The molecule has 0 aliphatic carbocycles. The standard InChI is InChI=1S/C12H10F2N2O3/c1-6-4-7(9(14)5-8(6)13)12-16-15-10(19-12)2-3-11(17)18/h4-5H,2-3H2,1H3,(H,17,18). The molecule has 0 aliphatic heterocycles. The van der Waals surface area contributed by atoms with E-state index in [9.17, 15) is 13.6 Å². The molecule has 0 atom stereocenters. The second-order valence-electron chi connectivity index (χ2n) is 3.98. The number of carbonyl (C=O) groups is 1. The molecule has 0 spiro atoms. The van der Waals surface area contributed by atoms with Gasteiger partial charge < -0.3 is 9.52 Å². The summed E-state index contributed by atoms with van der Waals surface area (Å²) in [5, 5.41) is 15.8. The zero-order valence-corrected chi connectivity index (χ0v) is 9.98. The second kappa shape index (κ2) is 5.13. The van der Waals surface area contributed by atoms with E-state index < -0.39 is 17.6 Å². The largest absolute Gasteiger partial charge is 0.481 e. The van der Waals surface area contributed by atoms with Crippen LogP contribution < -0.4 is 0 Å². The minimum atomic E-state index is -0.997. The lowest BCUT2D eigenvalue weighted by Crippen LogP contribution is -1.97. The monoisotopic (exact) mass is 268 g/mol. The lowest BCUT2D eigenvalue weighted by Gasteiger charge is -2.01. The van der Waals surface area contributed by atoms with Crippen LogP contribution in [0, 0.1) is 18.6 Å². The van der Waals surface area contributed by atoms with E-state index in [1.165, 1.54) is 13.0 Å². The van der Waals surface area contributed by atoms with E-state index in [-0.39, 0.29) is 35.7 Å². The third-order valence-corrected chi connectivity index (χ3v) is 2.50. The maximum absolute atomic E-state index is 13.6. The van der Waals surface area contributed by atoms with Gasteiger partial charge >= 0.3 is 5.97 Å². The van der Waals surface area contributed by atoms with Crippen molar-refractivity contribution in [2.45, 2.75) is 19.8 Å². The first-order valence-electron chi connectivity index (χ1n) is 5.47. The molecule has 2 rings (SSSR count). The van der Waals surface area contributed by atoms with Crippen molar-refractivity contribution < 1.29 is 23.1 Å². The predicted molar refractivity (Wildman–Crippen MR) is 60.3 cm³/mol. The molecule has 19 heavy (non-hydrogen) atoms. The maximum atomic E-state index is 13.6. The summed E-state index contributed by atoms with van der Waals surface area (Å²) < 4.78 is 31.8. The number of aromatic nitrogens is 2. The SMILES string of the molecule is Cc1cc(-c2nnc(CCC(=O)O)o2)c(F)cc1F. The lowest BCUT2D eigenvalue weighted by molar-refractivity contribution is -0.137. The smallest absolute Gasteiger partial charge is 0.303 e. The van der Waals surface area contributed by atoms with E-state index >= 15 is 0 Å². The molecular formula is C12H10F2N2O3. The number of aliphatic carboxylic acids is 1. The molecular weight excluding hydrogens is 258 g/mol. The summed E-state index contributed by atoms with van der Waals surface area (Å²) in [5.41, 5.74) is 0.245. The van der Waals surface area contributed by atoms with Gasteiger partial charge in [0.05, 0.1) is 12.0 Å². The summed E-state index contributed by atoms with van der Waals surface area (Å²) in [7, 11) is 0. The van der Waals surface area contributed by atoms with E-state index in [1.807, 2.05) is 0 Å². The van der Waals surface area contributed by atoms with Gasteiger partial charge in [0.25, 0.3) is 5.89 Å². The highest BCUT2D eigenvalue weighted by atomic mass is 19.1. The Morgan fingerprint density at radius 1 is 1.32 bits per heavy atom. The van der Waals surface area contributed by atoms with Crippen LogP contribution in [-0.4, -0.2) is 21.3 Å². The maximum Gasteiger partial charge on any atom is 0.303 e. The van der Waals surface area contributed by atoms with Gasteiger partial charge in [0, 0.05) is 12.5 Å². The van der Waals surface area contributed by atoms with Crippen molar-refractivity contribution >= 4 is 5.97 Å². The van der Waals surface area contributed by atoms with Gasteiger partial charge in [0.2, 0.25) is 5.89 Å². The molecule has 0 saturated carbocycles. The average Bonchev–Trinajstić information content (AvgIpc) is 2.80. The van der Waals surface area contributed by atoms with Gasteiger partial charge in [-0.1, -0.05) is 0 Å². The first-order chi connectivity index (χ1) is 8.97. The van der Waals surface area contributed by atoms with Gasteiger partial charge in [-0.25, -0.2) is 8.78 Å². The molecule has 0 radical (unpaired) electrons. The van der Waals surface area contributed by atoms with Crippen molar-refractivity contribution in [1.29, 1.82) is 0 Å². The van der Waals surface area contributed by atoms with E-state index in [0.717, 1.165) is 6.07 Å². The lowest BCUT2D eigenvalue weighted by atomic mass is 10.1. The highest BCUT2D eigenvalue weighted by Crippen LogP contribution is 2.24. The van der Waals surface area contributed by atoms with Gasteiger partial charge in [-0.2, -0.15) is 0 Å². The number of carboxylic acid groups (broad SMARTS) is 1. The highest BCUT2D eigenvalue weighted by molar-refractivity contribution is 5.66. The molecule has 2 aromatic rings. The van der Waals surface area contributed by atoms with Crippen molar-refractivity contribution in [1.82, 2.24) is 10.2 Å². The fourth-order valence-electron chi connectivity index (χ4n) is 1.50. The molecule has 100 valence electrons. The highest BCUT2D eigenvalue weighted by Gasteiger charge is 2.15. The van der Waals surface area contributed by atoms with Crippen LogP contribution in [0.1, 0.15) is 17.9 Å². The van der Waals surface area contributed by atoms with Crippen LogP contribution in [0.15, 0.2) is 16.5 Å². The minimum Gasteiger partial charge on any atom is -0.481 e. The van der Waals surface area contributed by atoms with Gasteiger partial charge in [0.1, 0.15) is 11.6 Å². The van der Waals surface area contributed by atoms with Gasteiger partial charge in [-0.15, -0.1) is 10.2 Å². The Bertz CT molecular complexity index is 625. The van der Waals surface area contributed by atoms with Gasteiger partial charge in [-0.3, -0.25) is 4.79 Å². The second-order valence-corrected chi connectivity index (χ2v) is 3.98. The Balaban J connectivity index is 2.27. The quantitative estimate of drug-likeness (QED) is 0.921. The Morgan fingerprint density at radius 2 is 2.05 bits per heavy atom. The van der Waals surface area contributed by atoms with E-state index in [1.54, 1.807) is 0 Å². The zero-order valence-electron chi connectivity index (χ0n) is 9.98. The zero-order chi connectivity index (χ0) is 14.0. The van der Waals surface area contributed by atoms with Crippen molar-refractivity contribution in [3.8, 4) is 11.5 Å². The van der Waals surface area contributed by atoms with E-state index in [2.05, 4.69) is 10.2 Å². The Labute approximate surface area is 106 Å². The first-order valence-corrected chi connectivity index (χ1v) is 5.47. The minimum absolute atomic E-state index is 0.00650. The molecule has 0 bridgehead atoms. The number of carboxylic acids is 1. The third-order valence-electron chi connectivity index (χ3n) is 2.50.